The van der Waals surface area contributed by atoms with Gasteiger partial charge < -0.3 is 25.7 Å². The van der Waals surface area contributed by atoms with Crippen LogP contribution in [0.4, 0.5) is 10.6 Å². The van der Waals surface area contributed by atoms with Gasteiger partial charge in [-0.1, -0.05) is 72.3 Å². The number of carbonyl (C=O) groups is 1. The molecule has 4 N–H and O–H groups in total. The largest absolute Gasteiger partial charge is 0.489 e. The van der Waals surface area contributed by atoms with Gasteiger partial charge in [-0.05, 0) is 54.5 Å². The van der Waals surface area contributed by atoms with Gasteiger partial charge in [0.1, 0.15) is 30.1 Å². The van der Waals surface area contributed by atoms with Crippen molar-refractivity contribution >= 4 is 22.9 Å². The topological polar surface area (TPSA) is 107 Å². The van der Waals surface area contributed by atoms with Crippen LogP contribution in [0.25, 0.3) is 22.2 Å². The normalized spacial score (nSPS) is 16.2. The predicted octanol–water partition coefficient (Wildman–Crippen LogP) is 6.02. The van der Waals surface area contributed by atoms with E-state index < -0.39 is 0 Å². The summed E-state index contributed by atoms with van der Waals surface area (Å²) in [4.78, 5) is 21.2. The lowest BCUT2D eigenvalue weighted by Gasteiger charge is -2.36. The minimum atomic E-state index is -0.140. The van der Waals surface area contributed by atoms with E-state index in [1.165, 1.54) is 11.9 Å². The number of urea groups is 1. The zero-order valence-corrected chi connectivity index (χ0v) is 23.1. The van der Waals surface area contributed by atoms with Crippen LogP contribution in [0.2, 0.25) is 0 Å². The fourth-order valence-electron chi connectivity index (χ4n) is 5.50. The maximum Gasteiger partial charge on any atom is 0.315 e. The molecular weight excluding hydrogens is 512 g/mol. The average Bonchev–Trinajstić information content (AvgIpc) is 3.35. The molecule has 8 nitrogen and oxygen atoms in total. The first-order chi connectivity index (χ1) is 20.0. The van der Waals surface area contributed by atoms with E-state index in [1.54, 1.807) is 0 Å². The van der Waals surface area contributed by atoms with Gasteiger partial charge in [0.2, 0.25) is 0 Å². The number of carbonyl (C=O) groups excluding carboxylic acids is 1. The van der Waals surface area contributed by atoms with Gasteiger partial charge in [0.05, 0.1) is 5.39 Å². The first-order valence-electron chi connectivity index (χ1n) is 14.0. The Labute approximate surface area is 239 Å². The fourth-order valence-corrected chi connectivity index (χ4v) is 5.50. The van der Waals surface area contributed by atoms with E-state index in [9.17, 15) is 4.79 Å². The van der Waals surface area contributed by atoms with Crippen LogP contribution in [0, 0.1) is 12.8 Å². The molecule has 1 fully saturated rings. The number of hydrogen-bond acceptors (Lipinski definition) is 5. The molecule has 0 radical (unpaired) electrons. The van der Waals surface area contributed by atoms with Crippen molar-refractivity contribution in [2.24, 2.45) is 5.92 Å². The average molecular weight is 547 g/mol. The Bertz CT molecular complexity index is 1660. The second-order valence-electron chi connectivity index (χ2n) is 10.8. The van der Waals surface area contributed by atoms with Crippen molar-refractivity contribution in [1.29, 1.82) is 0 Å². The van der Waals surface area contributed by atoms with Crippen LogP contribution in [0.1, 0.15) is 35.6 Å². The molecule has 5 aromatic rings. The second kappa shape index (κ2) is 11.7. The van der Waals surface area contributed by atoms with Crippen molar-refractivity contribution in [2.75, 3.05) is 12.3 Å². The number of rotatable bonds is 9. The highest BCUT2D eigenvalue weighted by Crippen LogP contribution is 2.43. The van der Waals surface area contributed by atoms with Gasteiger partial charge in [0.15, 0.2) is 0 Å². The summed E-state index contributed by atoms with van der Waals surface area (Å²) in [5.74, 6) is 1.65. The van der Waals surface area contributed by atoms with Crippen molar-refractivity contribution in [3.05, 3.63) is 108 Å². The van der Waals surface area contributed by atoms with Crippen molar-refractivity contribution in [3.8, 4) is 16.9 Å². The number of nitrogens with two attached hydrogens (primary N) is 1. The quantitative estimate of drug-likeness (QED) is 0.210. The van der Waals surface area contributed by atoms with Crippen LogP contribution in [0.15, 0.2) is 91.4 Å². The molecule has 2 heterocycles. The number of hydrogen-bond donors (Lipinski definition) is 3. The van der Waals surface area contributed by atoms with Crippen LogP contribution < -0.4 is 21.1 Å². The van der Waals surface area contributed by atoms with Gasteiger partial charge in [-0.25, -0.2) is 14.8 Å². The monoisotopic (exact) mass is 546 g/mol. The zero-order valence-electron chi connectivity index (χ0n) is 23.1. The maximum atomic E-state index is 12.4. The van der Waals surface area contributed by atoms with Crippen molar-refractivity contribution in [1.82, 2.24) is 25.2 Å². The highest BCUT2D eigenvalue weighted by Gasteiger charge is 2.32. The first-order valence-corrected chi connectivity index (χ1v) is 14.0. The molecule has 0 unspecified atom stereocenters. The van der Waals surface area contributed by atoms with E-state index in [1.807, 2.05) is 61.5 Å². The highest BCUT2D eigenvalue weighted by molar-refractivity contribution is 6.00. The van der Waals surface area contributed by atoms with Crippen LogP contribution >= 0.6 is 0 Å². The molecule has 0 spiro atoms. The number of aryl methyl sites for hydroxylation is 1. The number of nitrogen functional groups attached to an aromatic ring is 1. The predicted molar refractivity (Wildman–Crippen MR) is 161 cm³/mol. The molecule has 2 amide bonds. The summed E-state index contributed by atoms with van der Waals surface area (Å²) in [6, 6.07) is 26.5. The van der Waals surface area contributed by atoms with Gasteiger partial charge in [0, 0.05) is 30.9 Å². The Morgan fingerprint density at radius 2 is 1.78 bits per heavy atom. The molecule has 0 saturated heterocycles. The number of anilines is 1. The van der Waals surface area contributed by atoms with Gasteiger partial charge in [-0.15, -0.1) is 0 Å². The molecule has 208 valence electrons. The van der Waals surface area contributed by atoms with Crippen LogP contribution in [0.5, 0.6) is 5.75 Å². The Morgan fingerprint density at radius 1 is 0.976 bits per heavy atom. The summed E-state index contributed by atoms with van der Waals surface area (Å²) in [6.45, 7) is 3.70. The summed E-state index contributed by atoms with van der Waals surface area (Å²) in [7, 11) is 0. The molecular formula is C33H34N6O2. The van der Waals surface area contributed by atoms with Crippen LogP contribution in [-0.4, -0.2) is 27.1 Å². The van der Waals surface area contributed by atoms with Crippen molar-refractivity contribution < 1.29 is 9.53 Å². The third kappa shape index (κ3) is 6.01. The van der Waals surface area contributed by atoms with Crippen molar-refractivity contribution in [2.45, 2.75) is 39.0 Å². The van der Waals surface area contributed by atoms with E-state index in [0.29, 0.717) is 31.4 Å². The van der Waals surface area contributed by atoms with Gasteiger partial charge >= 0.3 is 6.03 Å². The Hall–Kier alpha value is -4.85. The lowest BCUT2D eigenvalue weighted by atomic mass is 9.80. The second-order valence-corrected chi connectivity index (χ2v) is 10.8. The van der Waals surface area contributed by atoms with Crippen LogP contribution in [0.3, 0.4) is 0 Å². The summed E-state index contributed by atoms with van der Waals surface area (Å²) in [6.07, 6.45) is 5.56. The molecule has 2 aromatic heterocycles. The number of aromatic nitrogens is 3. The lowest BCUT2D eigenvalue weighted by Crippen LogP contribution is -2.41. The summed E-state index contributed by atoms with van der Waals surface area (Å²) in [5.41, 5.74) is 12.6. The van der Waals surface area contributed by atoms with E-state index in [4.69, 9.17) is 10.5 Å². The minimum Gasteiger partial charge on any atom is -0.489 e. The first kappa shape index (κ1) is 26.4. The molecule has 1 aliphatic carbocycles. The molecule has 1 aliphatic rings. The molecule has 8 heteroatoms. The molecule has 0 aliphatic heterocycles. The van der Waals surface area contributed by atoms with E-state index >= 15 is 0 Å². The number of nitrogens with one attached hydrogen (secondary N) is 2. The smallest absolute Gasteiger partial charge is 0.315 e. The molecule has 0 atom stereocenters. The fraction of sp³-hybridized carbons (Fsp3) is 0.242. The summed E-state index contributed by atoms with van der Waals surface area (Å²) >= 11 is 0. The number of nitrogens with zero attached hydrogens (tertiary/aromatic N) is 3. The Balaban J connectivity index is 1.11. The Kier molecular flexibility index (Phi) is 7.54. The van der Waals surface area contributed by atoms with Gasteiger partial charge in [-0.2, -0.15) is 0 Å². The van der Waals surface area contributed by atoms with E-state index in [0.717, 1.165) is 51.9 Å². The standard InChI is InChI=1S/C33H34N6O2/c1-22-7-5-10-24(13-22)17-35-33(40)36-18-25-14-27(15-25)39-19-29(30-31(34)37-21-38-32(30)39)26-11-6-12-28(16-26)41-20-23-8-3-2-4-9-23/h2-13,16,19,21,25,27H,14-15,17-18,20H2,1H3,(H2,34,37,38)(H2,35,36,40)/t25-,27+. The number of amides is 2. The lowest BCUT2D eigenvalue weighted by molar-refractivity contribution is 0.192. The molecule has 0 bridgehead atoms. The van der Waals surface area contributed by atoms with Crippen LogP contribution in [-0.2, 0) is 13.2 Å². The van der Waals surface area contributed by atoms with Gasteiger partial charge in [-0.3, -0.25) is 0 Å². The summed E-state index contributed by atoms with van der Waals surface area (Å²) < 4.78 is 8.30. The third-order valence-electron chi connectivity index (χ3n) is 7.72. The van der Waals surface area contributed by atoms with E-state index in [-0.39, 0.29) is 12.1 Å². The summed E-state index contributed by atoms with van der Waals surface area (Å²) in [5, 5.41) is 6.83. The number of benzene rings is 3. The Morgan fingerprint density at radius 3 is 2.61 bits per heavy atom. The molecule has 41 heavy (non-hydrogen) atoms. The van der Waals surface area contributed by atoms with E-state index in [2.05, 4.69) is 55.6 Å². The zero-order chi connectivity index (χ0) is 28.2. The molecule has 3 aromatic carbocycles. The van der Waals surface area contributed by atoms with Crippen molar-refractivity contribution in [3.63, 3.8) is 0 Å². The highest BCUT2D eigenvalue weighted by atomic mass is 16.5. The maximum absolute atomic E-state index is 12.4. The molecule has 1 saturated carbocycles. The number of fused-ring (bicyclic) bond motifs is 1. The SMILES string of the molecule is Cc1cccc(CNC(=O)NC[C@H]2C[C@@H](n3cc(-c4cccc(OCc5ccccc5)c4)c4c(N)ncnc43)C2)c1. The van der Waals surface area contributed by atoms with Gasteiger partial charge in [0.25, 0.3) is 0 Å². The molecule has 6 rings (SSSR count). The minimum absolute atomic E-state index is 0.140. The number of ether oxygens (including phenoxy) is 1. The third-order valence-corrected chi connectivity index (χ3v) is 7.72.